The summed E-state index contributed by atoms with van der Waals surface area (Å²) >= 11 is 0. The molecule has 10 nitrogen and oxygen atoms in total. The number of benzene rings is 1. The van der Waals surface area contributed by atoms with E-state index in [0.717, 1.165) is 0 Å². The molecule has 1 aliphatic rings. The molecule has 2 rings (SSSR count). The first-order valence-corrected chi connectivity index (χ1v) is 9.74. The third kappa shape index (κ3) is 5.01. The third-order valence-corrected chi connectivity index (χ3v) is 4.85. The summed E-state index contributed by atoms with van der Waals surface area (Å²) in [4.78, 5) is 51.3. The Labute approximate surface area is 180 Å². The Bertz CT molecular complexity index is 933. The van der Waals surface area contributed by atoms with Crippen LogP contribution in [-0.4, -0.2) is 53.1 Å². The molecule has 0 N–H and O–H groups in total. The Hall–Kier alpha value is -3.43. The summed E-state index contributed by atoms with van der Waals surface area (Å²) < 4.78 is 10.5. The molecule has 0 bridgehead atoms. The number of urea groups is 1. The predicted octanol–water partition coefficient (Wildman–Crippen LogP) is 3.39. The van der Waals surface area contributed by atoms with Gasteiger partial charge in [-0.1, -0.05) is 12.1 Å². The van der Waals surface area contributed by atoms with Crippen molar-refractivity contribution in [3.05, 3.63) is 51.2 Å². The fraction of sp³-hybridized carbons (Fsp3) is 0.476. The minimum absolute atomic E-state index is 0.105. The van der Waals surface area contributed by atoms with Crippen LogP contribution in [0.4, 0.5) is 10.5 Å². The van der Waals surface area contributed by atoms with Crippen molar-refractivity contribution in [2.45, 2.75) is 40.7 Å². The van der Waals surface area contributed by atoms with Gasteiger partial charge in [-0.25, -0.2) is 9.59 Å². The van der Waals surface area contributed by atoms with Crippen LogP contribution in [0, 0.1) is 15.5 Å². The number of hydrogen-bond donors (Lipinski definition) is 0. The molecule has 168 valence electrons. The van der Waals surface area contributed by atoms with E-state index in [1.165, 1.54) is 35.0 Å². The molecule has 31 heavy (non-hydrogen) atoms. The molecule has 0 aliphatic carbocycles. The van der Waals surface area contributed by atoms with Gasteiger partial charge < -0.3 is 14.4 Å². The molecule has 1 aliphatic heterocycles. The van der Waals surface area contributed by atoms with Crippen LogP contribution < -0.4 is 0 Å². The van der Waals surface area contributed by atoms with Gasteiger partial charge in [-0.2, -0.15) is 0 Å². The molecule has 0 aromatic heterocycles. The number of carbonyl (C=O) groups excluding carboxylic acids is 3. The topological polar surface area (TPSA) is 119 Å². The number of nitro benzene ring substituents is 1. The Morgan fingerprint density at radius 1 is 1.23 bits per heavy atom. The van der Waals surface area contributed by atoms with Crippen LogP contribution in [0.2, 0.25) is 0 Å². The lowest BCUT2D eigenvalue weighted by Gasteiger charge is -2.41. The van der Waals surface area contributed by atoms with Gasteiger partial charge in [0.15, 0.2) is 6.73 Å². The van der Waals surface area contributed by atoms with Crippen molar-refractivity contribution in [3.63, 3.8) is 0 Å². The summed E-state index contributed by atoms with van der Waals surface area (Å²) in [6, 6.07) is 4.08. The second-order valence-electron chi connectivity index (χ2n) is 8.10. The van der Waals surface area contributed by atoms with Gasteiger partial charge >= 0.3 is 18.0 Å². The number of allylic oxidation sites excluding steroid dienone is 1. The van der Waals surface area contributed by atoms with E-state index in [1.54, 1.807) is 40.7 Å². The minimum Gasteiger partial charge on any atom is -0.463 e. The standard InChI is InChI=1S/C21H27N3O7/c1-7-30-18(25)16-13(2)22(6)20(27)23(12-31-19(26)21(3,4)5)17(16)14-9-8-10-15(11-14)24(28)29/h8-11,17H,7,12H2,1-6H3. The van der Waals surface area contributed by atoms with Crippen LogP contribution in [0.3, 0.4) is 0 Å². The van der Waals surface area contributed by atoms with Crippen molar-refractivity contribution < 1.29 is 28.8 Å². The first-order chi connectivity index (χ1) is 14.4. The molecule has 1 aromatic carbocycles. The van der Waals surface area contributed by atoms with Gasteiger partial charge in [0.2, 0.25) is 0 Å². The largest absolute Gasteiger partial charge is 0.463 e. The number of nitrogens with zero attached hydrogens (tertiary/aromatic N) is 3. The van der Waals surface area contributed by atoms with Gasteiger partial charge in [-0.15, -0.1) is 0 Å². The zero-order valence-corrected chi connectivity index (χ0v) is 18.5. The van der Waals surface area contributed by atoms with Crippen molar-refractivity contribution in [1.82, 2.24) is 9.80 Å². The Morgan fingerprint density at radius 3 is 2.42 bits per heavy atom. The lowest BCUT2D eigenvalue weighted by atomic mass is 9.93. The Morgan fingerprint density at radius 2 is 1.87 bits per heavy atom. The van der Waals surface area contributed by atoms with E-state index in [0.29, 0.717) is 11.3 Å². The molecular formula is C21H27N3O7. The van der Waals surface area contributed by atoms with Crippen molar-refractivity contribution >= 4 is 23.7 Å². The third-order valence-electron chi connectivity index (χ3n) is 4.85. The SMILES string of the molecule is CCOC(=O)C1=C(C)N(C)C(=O)N(COC(=O)C(C)(C)C)C1c1cccc([N+](=O)[O-])c1. The maximum absolute atomic E-state index is 13.1. The zero-order valence-electron chi connectivity index (χ0n) is 18.5. The number of nitro groups is 1. The van der Waals surface area contributed by atoms with E-state index in [9.17, 15) is 24.5 Å². The van der Waals surface area contributed by atoms with Gasteiger partial charge in [-0.3, -0.25) is 19.8 Å². The second-order valence-corrected chi connectivity index (χ2v) is 8.10. The maximum atomic E-state index is 13.1. The van der Waals surface area contributed by atoms with Gasteiger partial charge in [0.1, 0.15) is 0 Å². The molecule has 0 spiro atoms. The van der Waals surface area contributed by atoms with E-state index in [-0.39, 0.29) is 17.9 Å². The molecule has 0 radical (unpaired) electrons. The number of ether oxygens (including phenoxy) is 2. The van der Waals surface area contributed by atoms with Crippen LogP contribution >= 0.6 is 0 Å². The average molecular weight is 433 g/mol. The highest BCUT2D eigenvalue weighted by molar-refractivity contribution is 5.95. The Balaban J connectivity index is 2.61. The van der Waals surface area contributed by atoms with E-state index < -0.39 is 41.1 Å². The second kappa shape index (κ2) is 9.15. The lowest BCUT2D eigenvalue weighted by molar-refractivity contribution is -0.385. The molecule has 0 fully saturated rings. The molecule has 2 amide bonds. The first kappa shape index (κ1) is 23.8. The number of amides is 2. The van der Waals surface area contributed by atoms with E-state index in [2.05, 4.69) is 0 Å². The summed E-state index contributed by atoms with van der Waals surface area (Å²) in [5.74, 6) is -1.20. The van der Waals surface area contributed by atoms with Crippen molar-refractivity contribution in [3.8, 4) is 0 Å². The predicted molar refractivity (Wildman–Crippen MR) is 111 cm³/mol. The number of non-ortho nitro benzene ring substituents is 1. The highest BCUT2D eigenvalue weighted by atomic mass is 16.6. The van der Waals surface area contributed by atoms with Crippen LogP contribution in [0.25, 0.3) is 0 Å². The normalized spacial score (nSPS) is 17.0. The van der Waals surface area contributed by atoms with E-state index in [1.807, 2.05) is 0 Å². The maximum Gasteiger partial charge on any atom is 0.338 e. The molecule has 1 unspecified atom stereocenters. The number of rotatable bonds is 6. The highest BCUT2D eigenvalue weighted by Crippen LogP contribution is 2.38. The molecule has 1 heterocycles. The summed E-state index contributed by atoms with van der Waals surface area (Å²) in [7, 11) is 1.49. The van der Waals surface area contributed by atoms with Gasteiger partial charge in [0.25, 0.3) is 5.69 Å². The number of hydrogen-bond acceptors (Lipinski definition) is 7. The summed E-state index contributed by atoms with van der Waals surface area (Å²) in [5, 5.41) is 11.3. The molecule has 0 saturated carbocycles. The average Bonchev–Trinajstić information content (AvgIpc) is 2.70. The first-order valence-electron chi connectivity index (χ1n) is 9.74. The number of carbonyl (C=O) groups is 3. The van der Waals surface area contributed by atoms with Crippen LogP contribution in [0.15, 0.2) is 35.5 Å². The zero-order chi connectivity index (χ0) is 23.5. The van der Waals surface area contributed by atoms with Crippen molar-refractivity contribution in [2.75, 3.05) is 20.4 Å². The quantitative estimate of drug-likeness (QED) is 0.383. The van der Waals surface area contributed by atoms with E-state index in [4.69, 9.17) is 9.47 Å². The Kier molecular flexibility index (Phi) is 7.04. The minimum atomic E-state index is -1.03. The summed E-state index contributed by atoms with van der Waals surface area (Å²) in [6.07, 6.45) is 0. The molecule has 1 atom stereocenters. The molecular weight excluding hydrogens is 406 g/mol. The molecule has 10 heteroatoms. The summed E-state index contributed by atoms with van der Waals surface area (Å²) in [6.45, 7) is 7.92. The number of esters is 2. The molecule has 0 saturated heterocycles. The van der Waals surface area contributed by atoms with E-state index >= 15 is 0 Å². The highest BCUT2D eigenvalue weighted by Gasteiger charge is 2.42. The van der Waals surface area contributed by atoms with Crippen LogP contribution in [0.1, 0.15) is 46.2 Å². The fourth-order valence-corrected chi connectivity index (χ4v) is 3.08. The van der Waals surface area contributed by atoms with Gasteiger partial charge in [0, 0.05) is 24.9 Å². The molecule has 1 aromatic rings. The lowest BCUT2D eigenvalue weighted by Crippen LogP contribution is -2.50. The summed E-state index contributed by atoms with van der Waals surface area (Å²) in [5.41, 5.74) is -0.197. The van der Waals surface area contributed by atoms with Crippen LogP contribution in [-0.2, 0) is 19.1 Å². The fourth-order valence-electron chi connectivity index (χ4n) is 3.08. The van der Waals surface area contributed by atoms with Crippen molar-refractivity contribution in [1.29, 1.82) is 0 Å². The van der Waals surface area contributed by atoms with Crippen LogP contribution in [0.5, 0.6) is 0 Å². The van der Waals surface area contributed by atoms with Gasteiger partial charge in [0.05, 0.1) is 28.6 Å². The monoisotopic (exact) mass is 433 g/mol. The van der Waals surface area contributed by atoms with Crippen molar-refractivity contribution in [2.24, 2.45) is 5.41 Å². The smallest absolute Gasteiger partial charge is 0.338 e. The van der Waals surface area contributed by atoms with Gasteiger partial charge in [-0.05, 0) is 40.2 Å².